The molecule has 0 aliphatic rings. The summed E-state index contributed by atoms with van der Waals surface area (Å²) in [6.07, 6.45) is 71.6. The molecule has 0 saturated heterocycles. The van der Waals surface area contributed by atoms with E-state index in [0.29, 0.717) is 19.3 Å². The van der Waals surface area contributed by atoms with Gasteiger partial charge in [-0.3, -0.25) is 14.4 Å². The minimum atomic E-state index is -0.761. The zero-order valence-electron chi connectivity index (χ0n) is 49.2. The molecule has 0 heterocycles. The summed E-state index contributed by atoms with van der Waals surface area (Å²) in [6.45, 7) is 6.68. The van der Waals surface area contributed by atoms with E-state index in [4.69, 9.17) is 14.2 Å². The van der Waals surface area contributed by atoms with Gasteiger partial charge in [0.05, 0.1) is 0 Å². The minimum absolute atomic E-state index is 0.0615. The number of unbranched alkanes of at least 4 members (excludes halogenated alkanes) is 51. The van der Waals surface area contributed by atoms with Gasteiger partial charge in [-0.05, 0) is 19.3 Å². The van der Waals surface area contributed by atoms with Crippen molar-refractivity contribution in [3.8, 4) is 0 Å². The number of ether oxygens (including phenoxy) is 3. The smallest absolute Gasteiger partial charge is 0.306 e. The van der Waals surface area contributed by atoms with Gasteiger partial charge in [0, 0.05) is 19.3 Å². The van der Waals surface area contributed by atoms with Gasteiger partial charge in [-0.2, -0.15) is 0 Å². The third-order valence-corrected chi connectivity index (χ3v) is 15.4. The molecule has 0 rings (SSSR count). The highest BCUT2D eigenvalue weighted by Gasteiger charge is 2.19. The number of esters is 3. The second-order valence-corrected chi connectivity index (χ2v) is 22.8. The van der Waals surface area contributed by atoms with Gasteiger partial charge in [-0.25, -0.2) is 0 Å². The lowest BCUT2D eigenvalue weighted by Gasteiger charge is -2.18. The van der Waals surface area contributed by atoms with Gasteiger partial charge in [0.15, 0.2) is 6.10 Å². The normalized spacial score (nSPS) is 11.9. The average molecular weight is 1020 g/mol. The summed E-state index contributed by atoms with van der Waals surface area (Å²) in [4.78, 5) is 38.1. The van der Waals surface area contributed by atoms with E-state index in [1.807, 2.05) is 0 Å². The molecule has 0 aromatic carbocycles. The fourth-order valence-corrected chi connectivity index (χ4v) is 10.4. The van der Waals surface area contributed by atoms with Crippen LogP contribution in [0.4, 0.5) is 0 Å². The van der Waals surface area contributed by atoms with E-state index in [0.717, 1.165) is 57.8 Å². The number of hydrogen-bond acceptors (Lipinski definition) is 6. The van der Waals surface area contributed by atoms with Crippen LogP contribution < -0.4 is 0 Å². The number of carbonyl (C=O) groups excluding carboxylic acids is 3. The van der Waals surface area contributed by atoms with Crippen LogP contribution in [0, 0.1) is 0 Å². The minimum Gasteiger partial charge on any atom is -0.462 e. The first-order chi connectivity index (χ1) is 35.5. The standard InChI is InChI=1S/C66H128O6/c1-4-7-10-13-16-18-20-22-24-26-28-29-30-31-32-33-34-35-36-37-38-40-41-43-45-47-50-53-56-59-65(68)71-62-63(61-70-64(67)58-55-52-49-15-12-9-6-3)72-66(69)60-57-54-51-48-46-44-42-39-27-25-23-21-19-17-14-11-8-5-2/h63H,4-62H2,1-3H3. The molecule has 428 valence electrons. The molecular formula is C66H128O6. The van der Waals surface area contributed by atoms with Crippen LogP contribution in [0.15, 0.2) is 0 Å². The van der Waals surface area contributed by atoms with E-state index in [-0.39, 0.29) is 31.1 Å². The van der Waals surface area contributed by atoms with Crippen LogP contribution in [0.1, 0.15) is 387 Å². The summed E-state index contributed by atoms with van der Waals surface area (Å²) in [6, 6.07) is 0. The lowest BCUT2D eigenvalue weighted by molar-refractivity contribution is -0.167. The second-order valence-electron chi connectivity index (χ2n) is 22.8. The predicted octanol–water partition coefficient (Wildman–Crippen LogP) is 22.3. The summed E-state index contributed by atoms with van der Waals surface area (Å²) in [7, 11) is 0. The van der Waals surface area contributed by atoms with E-state index in [1.54, 1.807) is 0 Å². The van der Waals surface area contributed by atoms with Crippen molar-refractivity contribution in [2.24, 2.45) is 0 Å². The van der Waals surface area contributed by atoms with E-state index in [2.05, 4.69) is 20.8 Å². The lowest BCUT2D eigenvalue weighted by Crippen LogP contribution is -2.30. The van der Waals surface area contributed by atoms with Crippen molar-refractivity contribution < 1.29 is 28.6 Å². The molecule has 0 spiro atoms. The van der Waals surface area contributed by atoms with Gasteiger partial charge in [-0.15, -0.1) is 0 Å². The van der Waals surface area contributed by atoms with Crippen molar-refractivity contribution in [1.82, 2.24) is 0 Å². The highest BCUT2D eigenvalue weighted by atomic mass is 16.6. The quantitative estimate of drug-likeness (QED) is 0.0343. The summed E-state index contributed by atoms with van der Waals surface area (Å²) in [5.74, 6) is -0.837. The third kappa shape index (κ3) is 59.3. The maximum Gasteiger partial charge on any atom is 0.306 e. The Morgan fingerprint density at radius 2 is 0.375 bits per heavy atom. The van der Waals surface area contributed by atoms with Crippen LogP contribution in [-0.2, 0) is 28.6 Å². The predicted molar refractivity (Wildman–Crippen MR) is 312 cm³/mol. The topological polar surface area (TPSA) is 78.9 Å². The molecule has 6 heteroatoms. The maximum atomic E-state index is 12.8. The average Bonchev–Trinajstić information content (AvgIpc) is 3.38. The summed E-state index contributed by atoms with van der Waals surface area (Å²) >= 11 is 0. The molecule has 0 bridgehead atoms. The van der Waals surface area contributed by atoms with Crippen molar-refractivity contribution in [2.75, 3.05) is 13.2 Å². The Balaban J connectivity index is 3.98. The lowest BCUT2D eigenvalue weighted by atomic mass is 10.0. The number of carbonyl (C=O) groups is 3. The van der Waals surface area contributed by atoms with Crippen molar-refractivity contribution in [3.63, 3.8) is 0 Å². The fraction of sp³-hybridized carbons (Fsp3) is 0.955. The van der Waals surface area contributed by atoms with E-state index in [9.17, 15) is 14.4 Å². The Bertz CT molecular complexity index is 1080. The first-order valence-corrected chi connectivity index (χ1v) is 33.0. The zero-order chi connectivity index (χ0) is 52.2. The number of rotatable bonds is 62. The van der Waals surface area contributed by atoms with Gasteiger partial charge in [-0.1, -0.05) is 348 Å². The molecule has 1 atom stereocenters. The highest BCUT2D eigenvalue weighted by Crippen LogP contribution is 2.19. The molecular weight excluding hydrogens is 889 g/mol. The Morgan fingerprint density at radius 3 is 0.556 bits per heavy atom. The molecule has 0 aromatic rings. The Morgan fingerprint density at radius 1 is 0.222 bits per heavy atom. The third-order valence-electron chi connectivity index (χ3n) is 15.4. The maximum absolute atomic E-state index is 12.8. The first-order valence-electron chi connectivity index (χ1n) is 33.0. The molecule has 0 radical (unpaired) electrons. The molecule has 0 amide bonds. The Hall–Kier alpha value is -1.59. The summed E-state index contributed by atoms with van der Waals surface area (Å²) in [5, 5.41) is 0. The molecule has 72 heavy (non-hydrogen) atoms. The molecule has 0 N–H and O–H groups in total. The van der Waals surface area contributed by atoms with Crippen molar-refractivity contribution in [3.05, 3.63) is 0 Å². The molecule has 0 aliphatic carbocycles. The summed E-state index contributed by atoms with van der Waals surface area (Å²) < 4.78 is 16.9. The monoisotopic (exact) mass is 1020 g/mol. The summed E-state index contributed by atoms with van der Waals surface area (Å²) in [5.41, 5.74) is 0. The second kappa shape index (κ2) is 62.0. The van der Waals surface area contributed by atoms with Crippen LogP contribution in [0.25, 0.3) is 0 Å². The first kappa shape index (κ1) is 70.4. The number of hydrogen-bond donors (Lipinski definition) is 0. The van der Waals surface area contributed by atoms with Gasteiger partial charge in [0.1, 0.15) is 13.2 Å². The molecule has 0 aliphatic heterocycles. The molecule has 0 fully saturated rings. The van der Waals surface area contributed by atoms with Crippen LogP contribution in [-0.4, -0.2) is 37.2 Å². The van der Waals surface area contributed by atoms with Gasteiger partial charge < -0.3 is 14.2 Å². The Labute approximate surface area is 450 Å². The molecule has 6 nitrogen and oxygen atoms in total. The fourth-order valence-electron chi connectivity index (χ4n) is 10.4. The molecule has 0 saturated carbocycles. The van der Waals surface area contributed by atoms with E-state index >= 15 is 0 Å². The van der Waals surface area contributed by atoms with Crippen molar-refractivity contribution >= 4 is 17.9 Å². The highest BCUT2D eigenvalue weighted by molar-refractivity contribution is 5.71. The Kier molecular flexibility index (Phi) is 60.6. The molecule has 1 unspecified atom stereocenters. The van der Waals surface area contributed by atoms with E-state index in [1.165, 1.54) is 289 Å². The van der Waals surface area contributed by atoms with Crippen LogP contribution in [0.2, 0.25) is 0 Å². The van der Waals surface area contributed by atoms with E-state index < -0.39 is 6.10 Å². The van der Waals surface area contributed by atoms with Crippen LogP contribution in [0.3, 0.4) is 0 Å². The van der Waals surface area contributed by atoms with Crippen molar-refractivity contribution in [1.29, 1.82) is 0 Å². The van der Waals surface area contributed by atoms with Crippen LogP contribution in [0.5, 0.6) is 0 Å². The largest absolute Gasteiger partial charge is 0.462 e. The zero-order valence-corrected chi connectivity index (χ0v) is 49.2. The van der Waals surface area contributed by atoms with Gasteiger partial charge in [0.2, 0.25) is 0 Å². The van der Waals surface area contributed by atoms with Gasteiger partial charge in [0.25, 0.3) is 0 Å². The SMILES string of the molecule is CCCCCCCCCCCCCCCCCCCCCCCCCCCCCCCC(=O)OCC(COC(=O)CCCCCCCCC)OC(=O)CCCCCCCCCCCCCCCCCCCC. The van der Waals surface area contributed by atoms with Crippen LogP contribution >= 0.6 is 0 Å². The van der Waals surface area contributed by atoms with Gasteiger partial charge >= 0.3 is 17.9 Å². The molecule has 0 aromatic heterocycles. The van der Waals surface area contributed by atoms with Crippen molar-refractivity contribution in [2.45, 2.75) is 393 Å².